The highest BCUT2D eigenvalue weighted by atomic mass is 32.1. The summed E-state index contributed by atoms with van der Waals surface area (Å²) < 4.78 is 5.66. The molecule has 2 saturated heterocycles. The molecule has 0 bridgehead atoms. The Balaban J connectivity index is 1.27. The van der Waals surface area contributed by atoms with Gasteiger partial charge in [0.25, 0.3) is 0 Å². The standard InChI is InChI=1S/C23H29N3O3S/c27-21(10-14-29-20-8-2-1-3-9-20)25-12-5-7-19(17-25)23(28)26-13-4-6-18(16-26)22-24-11-15-30-22/h1-3,8-9,11,15,18-19H,4-7,10,12-14,16-17H2. The Morgan fingerprint density at radius 1 is 1.07 bits per heavy atom. The monoisotopic (exact) mass is 427 g/mol. The fourth-order valence-electron chi connectivity index (χ4n) is 4.41. The number of para-hydroxylation sites is 1. The average molecular weight is 428 g/mol. The summed E-state index contributed by atoms with van der Waals surface area (Å²) in [4.78, 5) is 34.1. The van der Waals surface area contributed by atoms with Crippen LogP contribution in [0.25, 0.3) is 0 Å². The molecule has 0 aliphatic carbocycles. The van der Waals surface area contributed by atoms with Crippen molar-refractivity contribution in [2.24, 2.45) is 5.92 Å². The second-order valence-electron chi connectivity index (χ2n) is 8.08. The summed E-state index contributed by atoms with van der Waals surface area (Å²) in [5.41, 5.74) is 0. The van der Waals surface area contributed by atoms with Crippen LogP contribution in [-0.2, 0) is 9.59 Å². The Bertz CT molecular complexity index is 827. The number of rotatable bonds is 6. The van der Waals surface area contributed by atoms with Crippen LogP contribution in [0.3, 0.4) is 0 Å². The fourth-order valence-corrected chi connectivity index (χ4v) is 5.18. The topological polar surface area (TPSA) is 62.7 Å². The van der Waals surface area contributed by atoms with Crippen molar-refractivity contribution in [3.63, 3.8) is 0 Å². The number of nitrogens with zero attached hydrogens (tertiary/aromatic N) is 3. The summed E-state index contributed by atoms with van der Waals surface area (Å²) in [7, 11) is 0. The molecule has 6 nitrogen and oxygen atoms in total. The molecule has 2 aliphatic heterocycles. The number of carbonyl (C=O) groups excluding carboxylic acids is 2. The molecule has 160 valence electrons. The molecule has 30 heavy (non-hydrogen) atoms. The molecule has 2 atom stereocenters. The summed E-state index contributed by atoms with van der Waals surface area (Å²) in [6, 6.07) is 9.54. The molecular formula is C23H29N3O3S. The van der Waals surface area contributed by atoms with E-state index in [9.17, 15) is 9.59 Å². The third-order valence-electron chi connectivity index (χ3n) is 5.98. The molecular weight excluding hydrogens is 398 g/mol. The molecule has 0 saturated carbocycles. The lowest BCUT2D eigenvalue weighted by Gasteiger charge is -2.38. The lowest BCUT2D eigenvalue weighted by atomic mass is 9.93. The highest BCUT2D eigenvalue weighted by Gasteiger charge is 2.34. The number of likely N-dealkylation sites (tertiary alicyclic amines) is 2. The van der Waals surface area contributed by atoms with Gasteiger partial charge in [-0.15, -0.1) is 11.3 Å². The van der Waals surface area contributed by atoms with Crippen molar-refractivity contribution in [2.45, 2.75) is 38.0 Å². The van der Waals surface area contributed by atoms with Crippen molar-refractivity contribution in [3.8, 4) is 5.75 Å². The summed E-state index contributed by atoms with van der Waals surface area (Å²) >= 11 is 1.68. The van der Waals surface area contributed by atoms with E-state index < -0.39 is 0 Å². The third-order valence-corrected chi connectivity index (χ3v) is 6.92. The van der Waals surface area contributed by atoms with Crippen LogP contribution < -0.4 is 4.74 Å². The highest BCUT2D eigenvalue weighted by Crippen LogP contribution is 2.30. The van der Waals surface area contributed by atoms with Crippen LogP contribution in [0.4, 0.5) is 0 Å². The average Bonchev–Trinajstić information content (AvgIpc) is 3.34. The van der Waals surface area contributed by atoms with E-state index in [4.69, 9.17) is 4.74 Å². The highest BCUT2D eigenvalue weighted by molar-refractivity contribution is 7.09. The summed E-state index contributed by atoms with van der Waals surface area (Å²) in [5, 5.41) is 3.13. The molecule has 2 amide bonds. The van der Waals surface area contributed by atoms with Crippen LogP contribution in [0, 0.1) is 5.92 Å². The molecule has 2 unspecified atom stereocenters. The largest absolute Gasteiger partial charge is 0.493 e. The second-order valence-corrected chi connectivity index (χ2v) is 9.01. The molecule has 4 rings (SSSR count). The van der Waals surface area contributed by atoms with E-state index in [0.29, 0.717) is 25.5 Å². The molecule has 2 fully saturated rings. The fraction of sp³-hybridized carbons (Fsp3) is 0.522. The van der Waals surface area contributed by atoms with Crippen molar-refractivity contribution < 1.29 is 14.3 Å². The van der Waals surface area contributed by atoms with Gasteiger partial charge in [0.2, 0.25) is 11.8 Å². The normalized spacial score (nSPS) is 22.0. The van der Waals surface area contributed by atoms with Crippen LogP contribution >= 0.6 is 11.3 Å². The Kier molecular flexibility index (Phi) is 7.00. The molecule has 3 heterocycles. The number of thiazole rings is 1. The minimum atomic E-state index is -0.0900. The zero-order chi connectivity index (χ0) is 20.8. The summed E-state index contributed by atoms with van der Waals surface area (Å²) in [5.74, 6) is 1.31. The number of amides is 2. The SMILES string of the molecule is O=C(CCOc1ccccc1)N1CCCC(C(=O)N2CCCC(c3nccs3)C2)C1. The van der Waals surface area contributed by atoms with Gasteiger partial charge in [0.15, 0.2) is 0 Å². The van der Waals surface area contributed by atoms with E-state index in [1.54, 1.807) is 11.3 Å². The van der Waals surface area contributed by atoms with Gasteiger partial charge in [0.1, 0.15) is 5.75 Å². The van der Waals surface area contributed by atoms with E-state index in [1.165, 1.54) is 0 Å². The lowest BCUT2D eigenvalue weighted by Crippen LogP contribution is -2.49. The number of hydrogen-bond acceptors (Lipinski definition) is 5. The Morgan fingerprint density at radius 2 is 1.87 bits per heavy atom. The zero-order valence-electron chi connectivity index (χ0n) is 17.2. The van der Waals surface area contributed by atoms with E-state index in [2.05, 4.69) is 4.98 Å². The van der Waals surface area contributed by atoms with Crippen molar-refractivity contribution >= 4 is 23.2 Å². The van der Waals surface area contributed by atoms with Crippen LogP contribution in [0.1, 0.15) is 43.0 Å². The minimum absolute atomic E-state index is 0.0720. The number of benzene rings is 1. The molecule has 7 heteroatoms. The van der Waals surface area contributed by atoms with Gasteiger partial charge in [-0.25, -0.2) is 4.98 Å². The van der Waals surface area contributed by atoms with Crippen LogP contribution in [0.15, 0.2) is 41.9 Å². The zero-order valence-corrected chi connectivity index (χ0v) is 18.1. The first-order chi connectivity index (χ1) is 14.7. The molecule has 1 aromatic heterocycles. The predicted molar refractivity (Wildman–Crippen MR) is 117 cm³/mol. The first-order valence-corrected chi connectivity index (χ1v) is 11.7. The number of aromatic nitrogens is 1. The van der Waals surface area contributed by atoms with Crippen LogP contribution in [0.2, 0.25) is 0 Å². The maximum Gasteiger partial charge on any atom is 0.227 e. The number of ether oxygens (including phenoxy) is 1. The van der Waals surface area contributed by atoms with Crippen molar-refractivity contribution in [3.05, 3.63) is 46.9 Å². The molecule has 2 aliphatic rings. The maximum absolute atomic E-state index is 13.2. The number of carbonyl (C=O) groups is 2. The van der Waals surface area contributed by atoms with E-state index in [-0.39, 0.29) is 17.7 Å². The lowest BCUT2D eigenvalue weighted by molar-refractivity contribution is -0.142. The molecule has 2 aromatic rings. The first-order valence-electron chi connectivity index (χ1n) is 10.8. The van der Waals surface area contributed by atoms with Gasteiger partial charge in [-0.3, -0.25) is 9.59 Å². The van der Waals surface area contributed by atoms with Gasteiger partial charge in [-0.05, 0) is 37.8 Å². The summed E-state index contributed by atoms with van der Waals surface area (Å²) in [6.45, 7) is 3.19. The molecule has 0 radical (unpaired) electrons. The molecule has 0 spiro atoms. The van der Waals surface area contributed by atoms with Gasteiger partial charge in [0.05, 0.1) is 24.0 Å². The van der Waals surface area contributed by atoms with E-state index in [1.807, 2.05) is 51.7 Å². The molecule has 1 aromatic carbocycles. The van der Waals surface area contributed by atoms with Crippen LogP contribution in [-0.4, -0.2) is 59.4 Å². The first kappa shape index (κ1) is 20.8. The molecule has 0 N–H and O–H groups in total. The third kappa shape index (κ3) is 5.19. The maximum atomic E-state index is 13.2. The minimum Gasteiger partial charge on any atom is -0.493 e. The Hall–Kier alpha value is -2.41. The Labute approximate surface area is 181 Å². The van der Waals surface area contributed by atoms with Gasteiger partial charge < -0.3 is 14.5 Å². The second kappa shape index (κ2) is 10.1. The van der Waals surface area contributed by atoms with Crippen molar-refractivity contribution in [1.82, 2.24) is 14.8 Å². The van der Waals surface area contributed by atoms with E-state index >= 15 is 0 Å². The van der Waals surface area contributed by atoms with Gasteiger partial charge in [-0.2, -0.15) is 0 Å². The number of piperidine rings is 2. The van der Waals surface area contributed by atoms with Gasteiger partial charge in [0, 0.05) is 43.7 Å². The number of hydrogen-bond donors (Lipinski definition) is 0. The predicted octanol–water partition coefficient (Wildman–Crippen LogP) is 3.56. The summed E-state index contributed by atoms with van der Waals surface area (Å²) in [6.07, 6.45) is 6.03. The van der Waals surface area contributed by atoms with Gasteiger partial charge >= 0.3 is 0 Å². The van der Waals surface area contributed by atoms with E-state index in [0.717, 1.165) is 56.1 Å². The van der Waals surface area contributed by atoms with Gasteiger partial charge in [-0.1, -0.05) is 18.2 Å². The smallest absolute Gasteiger partial charge is 0.227 e. The van der Waals surface area contributed by atoms with Crippen molar-refractivity contribution in [1.29, 1.82) is 0 Å². The Morgan fingerprint density at radius 3 is 2.67 bits per heavy atom. The van der Waals surface area contributed by atoms with Crippen molar-refractivity contribution in [2.75, 3.05) is 32.8 Å². The quantitative estimate of drug-likeness (QED) is 0.707. The van der Waals surface area contributed by atoms with Crippen LogP contribution in [0.5, 0.6) is 5.75 Å².